The molecule has 5 aromatic rings. The summed E-state index contributed by atoms with van der Waals surface area (Å²) in [6, 6.07) is 49.8. The van der Waals surface area contributed by atoms with Crippen molar-refractivity contribution in [2.75, 3.05) is 26.9 Å². The van der Waals surface area contributed by atoms with Crippen molar-refractivity contribution >= 4 is 46.7 Å². The van der Waals surface area contributed by atoms with Crippen molar-refractivity contribution in [3.63, 3.8) is 0 Å². The number of hydrogen-bond donors (Lipinski definition) is 1. The summed E-state index contributed by atoms with van der Waals surface area (Å²) >= 11 is 0. The number of nitrogens with one attached hydrogen (secondary N) is 1. The van der Waals surface area contributed by atoms with E-state index in [9.17, 15) is 0 Å². The molecule has 0 bridgehead atoms. The first-order valence-electron chi connectivity index (χ1n) is 14.4. The van der Waals surface area contributed by atoms with E-state index in [1.54, 1.807) is 4.90 Å². The van der Waals surface area contributed by atoms with Crippen LogP contribution in [0.1, 0.15) is 6.42 Å². The molecule has 1 fully saturated rings. The number of fused-ring (bicyclic) bond motifs is 3. The van der Waals surface area contributed by atoms with Crippen LogP contribution in [0.2, 0.25) is 0 Å². The highest BCUT2D eigenvalue weighted by molar-refractivity contribution is 8.08. The smallest absolute Gasteiger partial charge is 0.306 e. The predicted molar refractivity (Wildman–Crippen MR) is 176 cm³/mol. The third kappa shape index (κ3) is 3.84. The van der Waals surface area contributed by atoms with E-state index in [1.807, 2.05) is 14.2 Å². The lowest BCUT2D eigenvalue weighted by atomic mass is 10.3. The van der Waals surface area contributed by atoms with Gasteiger partial charge in [0.15, 0.2) is 40.4 Å². The highest BCUT2D eigenvalue weighted by atomic mass is 31.2. The average molecular weight is 577 g/mol. The molecule has 2 atom stereocenters. The maximum atomic E-state index is 6.21. The van der Waals surface area contributed by atoms with Crippen molar-refractivity contribution < 1.29 is 14.4 Å². The van der Waals surface area contributed by atoms with E-state index in [2.05, 4.69) is 133 Å². The largest absolute Gasteiger partial charge is 0.493 e. The molecule has 7 rings (SSSR count). The van der Waals surface area contributed by atoms with Gasteiger partial charge in [0.1, 0.15) is 10.6 Å². The minimum Gasteiger partial charge on any atom is -0.493 e. The number of quaternary nitrogens is 1. The quantitative estimate of drug-likeness (QED) is 0.291. The summed E-state index contributed by atoms with van der Waals surface area (Å²) in [6.45, 7) is 1.12. The molecule has 3 nitrogen and oxygen atoms in total. The van der Waals surface area contributed by atoms with Crippen LogP contribution in [0, 0.1) is 0 Å². The normalized spacial score (nSPS) is 20.0. The number of hydrogen-bond acceptors (Lipinski definition) is 2. The van der Waals surface area contributed by atoms with Gasteiger partial charge in [0.25, 0.3) is 0 Å². The highest BCUT2D eigenvalue weighted by Crippen LogP contribution is 2.79. The van der Waals surface area contributed by atoms with Crippen LogP contribution in [0.5, 0.6) is 11.5 Å². The van der Waals surface area contributed by atoms with Crippen molar-refractivity contribution in [1.82, 2.24) is 0 Å². The van der Waals surface area contributed by atoms with Crippen LogP contribution in [-0.4, -0.2) is 32.5 Å². The summed E-state index contributed by atoms with van der Waals surface area (Å²) in [5, 5.41) is 7.15. The van der Waals surface area contributed by atoms with E-state index >= 15 is 0 Å². The SMILES string of the molecule is COc1ccccc1[P+]1(c2ccccc2OC)CCC[NH+]2c3ccccc3[P+](c3ccccc3)(c3ccccc3)[C@@H]21. The molecule has 1 saturated heterocycles. The summed E-state index contributed by atoms with van der Waals surface area (Å²) < 4.78 is 12.4. The fourth-order valence-electron chi connectivity index (χ4n) is 7.61. The first kappa shape index (κ1) is 26.4. The monoisotopic (exact) mass is 576 g/mol. The first-order valence-corrected chi connectivity index (χ1v) is 18.3. The van der Waals surface area contributed by atoms with Crippen molar-refractivity contribution in [3.05, 3.63) is 133 Å². The van der Waals surface area contributed by atoms with E-state index in [0.29, 0.717) is 5.52 Å². The molecule has 0 radical (unpaired) electrons. The Morgan fingerprint density at radius 1 is 0.561 bits per heavy atom. The van der Waals surface area contributed by atoms with E-state index < -0.39 is 14.5 Å². The van der Waals surface area contributed by atoms with Crippen molar-refractivity contribution in [3.8, 4) is 11.5 Å². The van der Waals surface area contributed by atoms with Gasteiger partial charge in [-0.05, 0) is 54.6 Å². The zero-order valence-electron chi connectivity index (χ0n) is 23.6. The third-order valence-electron chi connectivity index (χ3n) is 9.04. The molecule has 1 N–H and O–H groups in total. The van der Waals surface area contributed by atoms with E-state index in [0.717, 1.165) is 30.6 Å². The van der Waals surface area contributed by atoms with Crippen molar-refractivity contribution in [1.29, 1.82) is 0 Å². The van der Waals surface area contributed by atoms with Gasteiger partial charge in [0, 0.05) is 12.5 Å². The van der Waals surface area contributed by atoms with Gasteiger partial charge in [-0.2, -0.15) is 0 Å². The Morgan fingerprint density at radius 3 is 1.56 bits per heavy atom. The summed E-state index contributed by atoms with van der Waals surface area (Å²) in [4.78, 5) is 1.62. The molecular formula is C36H36NO2P2+3. The minimum absolute atomic E-state index is 0.318. The molecule has 0 aromatic heterocycles. The molecule has 1 unspecified atom stereocenters. The van der Waals surface area contributed by atoms with Gasteiger partial charge < -0.3 is 9.47 Å². The van der Waals surface area contributed by atoms with Gasteiger partial charge in [-0.25, -0.2) is 4.90 Å². The lowest BCUT2D eigenvalue weighted by Crippen LogP contribution is -3.11. The summed E-state index contributed by atoms with van der Waals surface area (Å²) in [6.07, 6.45) is 2.27. The number of benzene rings is 5. The van der Waals surface area contributed by atoms with E-state index in [-0.39, 0.29) is 0 Å². The minimum atomic E-state index is -2.18. The predicted octanol–water partition coefficient (Wildman–Crippen LogP) is 4.88. The van der Waals surface area contributed by atoms with Gasteiger partial charge in [-0.1, -0.05) is 72.8 Å². The standard InChI is InChI=1S/C36H35NO2P2/c1-38-31-21-10-13-24-34(31)40(35-25-14-11-22-32(35)39-2)27-15-26-37-30-20-9-12-23-33(30)41(36(37)40,28-16-5-3-6-17-28)29-18-7-4-8-19-29/h3-14,16-25,36H,15,26-27H2,1-2H3/q+2/p+1/t36-/m0/s1. The van der Waals surface area contributed by atoms with Crippen molar-refractivity contribution in [2.45, 2.75) is 11.9 Å². The summed E-state index contributed by atoms with van der Waals surface area (Å²) in [5.74, 6) is 1.98. The molecule has 0 amide bonds. The Balaban J connectivity index is 1.68. The lowest BCUT2D eigenvalue weighted by Gasteiger charge is -2.41. The Labute approximate surface area is 244 Å². The van der Waals surface area contributed by atoms with Gasteiger partial charge >= 0.3 is 5.52 Å². The molecule has 204 valence electrons. The number of methoxy groups -OCH3 is 2. The molecule has 2 heterocycles. The van der Waals surface area contributed by atoms with Gasteiger partial charge in [0.05, 0.1) is 26.9 Å². The van der Waals surface area contributed by atoms with Gasteiger partial charge in [0.2, 0.25) is 7.26 Å². The average Bonchev–Trinajstić information content (AvgIpc) is 3.37. The van der Waals surface area contributed by atoms with Gasteiger partial charge in [-0.15, -0.1) is 0 Å². The molecule has 0 aliphatic carbocycles. The van der Waals surface area contributed by atoms with Crippen LogP contribution >= 0.6 is 14.5 Å². The number of ether oxygens (including phenoxy) is 2. The molecule has 5 heteroatoms. The Hall–Kier alpha value is -3.48. The second-order valence-electron chi connectivity index (χ2n) is 10.8. The van der Waals surface area contributed by atoms with Crippen LogP contribution in [0.25, 0.3) is 0 Å². The number of para-hydroxylation sites is 3. The zero-order chi connectivity index (χ0) is 27.9. The van der Waals surface area contributed by atoms with Crippen LogP contribution in [-0.2, 0) is 0 Å². The van der Waals surface area contributed by atoms with Crippen LogP contribution in [0.3, 0.4) is 0 Å². The maximum Gasteiger partial charge on any atom is 0.306 e. The van der Waals surface area contributed by atoms with Gasteiger partial charge in [-0.3, -0.25) is 0 Å². The van der Waals surface area contributed by atoms with Crippen LogP contribution < -0.4 is 40.9 Å². The fraction of sp³-hybridized carbons (Fsp3) is 0.167. The van der Waals surface area contributed by atoms with Crippen LogP contribution in [0.15, 0.2) is 133 Å². The first-order chi connectivity index (χ1) is 20.3. The molecule has 0 spiro atoms. The highest BCUT2D eigenvalue weighted by Gasteiger charge is 2.79. The molecular weight excluding hydrogens is 540 g/mol. The summed E-state index contributed by atoms with van der Waals surface area (Å²) in [5.41, 5.74) is 1.78. The maximum absolute atomic E-state index is 6.21. The molecule has 41 heavy (non-hydrogen) atoms. The summed E-state index contributed by atoms with van der Waals surface area (Å²) in [7, 11) is -0.713. The Morgan fingerprint density at radius 2 is 1.02 bits per heavy atom. The fourth-order valence-corrected chi connectivity index (χ4v) is 21.7. The second kappa shape index (κ2) is 10.7. The van der Waals surface area contributed by atoms with E-state index in [4.69, 9.17) is 9.47 Å². The third-order valence-corrected chi connectivity index (χ3v) is 20.3. The topological polar surface area (TPSA) is 22.9 Å². The molecule has 5 aromatic carbocycles. The number of rotatable bonds is 6. The Kier molecular flexibility index (Phi) is 6.92. The lowest BCUT2D eigenvalue weighted by molar-refractivity contribution is -0.829. The van der Waals surface area contributed by atoms with Crippen molar-refractivity contribution in [2.24, 2.45) is 0 Å². The molecule has 2 aliphatic rings. The molecule has 2 aliphatic heterocycles. The molecule has 0 saturated carbocycles. The van der Waals surface area contributed by atoms with Crippen LogP contribution in [0.4, 0.5) is 5.69 Å². The Bertz CT molecular complexity index is 1590. The zero-order valence-corrected chi connectivity index (χ0v) is 25.4. The van der Waals surface area contributed by atoms with E-state index in [1.165, 1.54) is 32.2 Å². The second-order valence-corrected chi connectivity index (χ2v) is 18.4.